The summed E-state index contributed by atoms with van der Waals surface area (Å²) in [6, 6.07) is 12.5. The maximum absolute atomic E-state index is 12.5. The molecule has 3 rings (SSSR count). The fourth-order valence-electron chi connectivity index (χ4n) is 2.53. The molecule has 0 radical (unpaired) electrons. The molecule has 0 bridgehead atoms. The van der Waals surface area contributed by atoms with E-state index in [-0.39, 0.29) is 11.3 Å². The molecule has 1 amide bonds. The van der Waals surface area contributed by atoms with Crippen molar-refractivity contribution >= 4 is 28.6 Å². The number of hydrogen-bond acceptors (Lipinski definition) is 4. The summed E-state index contributed by atoms with van der Waals surface area (Å²) in [4.78, 5) is 24.6. The Bertz CT molecular complexity index is 1020. The van der Waals surface area contributed by atoms with Crippen LogP contribution in [0.1, 0.15) is 18.1 Å². The van der Waals surface area contributed by atoms with Crippen molar-refractivity contribution in [1.82, 2.24) is 0 Å². The van der Waals surface area contributed by atoms with Crippen LogP contribution in [0.15, 0.2) is 64.0 Å². The number of rotatable bonds is 5. The second-order valence-electron chi connectivity index (χ2n) is 5.80. The van der Waals surface area contributed by atoms with E-state index in [2.05, 4.69) is 5.32 Å². The maximum atomic E-state index is 12.5. The molecule has 2 aromatic carbocycles. The van der Waals surface area contributed by atoms with Gasteiger partial charge in [-0.1, -0.05) is 11.6 Å². The van der Waals surface area contributed by atoms with E-state index in [1.54, 1.807) is 36.4 Å². The molecule has 132 valence electrons. The van der Waals surface area contributed by atoms with Crippen LogP contribution in [-0.2, 0) is 4.79 Å². The van der Waals surface area contributed by atoms with Crippen molar-refractivity contribution < 1.29 is 13.9 Å². The Labute approximate surface area is 150 Å². The molecule has 0 spiro atoms. The first-order valence-corrected chi connectivity index (χ1v) is 8.31. The lowest BCUT2D eigenvalue weighted by atomic mass is 10.1. The zero-order valence-electron chi connectivity index (χ0n) is 14.6. The van der Waals surface area contributed by atoms with E-state index < -0.39 is 0 Å². The van der Waals surface area contributed by atoms with E-state index in [1.165, 1.54) is 18.4 Å². The molecule has 26 heavy (non-hydrogen) atoms. The lowest BCUT2D eigenvalue weighted by molar-refractivity contribution is -0.111. The highest BCUT2D eigenvalue weighted by Crippen LogP contribution is 2.16. The molecule has 1 heterocycles. The summed E-state index contributed by atoms with van der Waals surface area (Å²) < 4.78 is 10.8. The number of anilines is 1. The van der Waals surface area contributed by atoms with Crippen LogP contribution in [0, 0.1) is 6.92 Å². The highest BCUT2D eigenvalue weighted by molar-refractivity contribution is 6.02. The van der Waals surface area contributed by atoms with Crippen molar-refractivity contribution in [3.8, 4) is 5.75 Å². The predicted octanol–water partition coefficient (Wildman–Crippen LogP) is 4.15. The minimum atomic E-state index is -0.335. The van der Waals surface area contributed by atoms with Gasteiger partial charge >= 0.3 is 0 Å². The first-order chi connectivity index (χ1) is 12.6. The van der Waals surface area contributed by atoms with E-state index >= 15 is 0 Å². The molecular formula is C21H19NO4. The molecule has 5 nitrogen and oxygen atoms in total. The number of ether oxygens (including phenoxy) is 1. The molecule has 5 heteroatoms. The molecule has 0 fully saturated rings. The number of carbonyl (C=O) groups excluding carboxylic acids is 1. The van der Waals surface area contributed by atoms with Crippen LogP contribution in [0.3, 0.4) is 0 Å². The van der Waals surface area contributed by atoms with Gasteiger partial charge in [-0.2, -0.15) is 0 Å². The molecule has 0 aliphatic rings. The summed E-state index contributed by atoms with van der Waals surface area (Å²) in [5, 5.41) is 3.23. The maximum Gasteiger partial charge on any atom is 0.248 e. The van der Waals surface area contributed by atoms with Crippen molar-refractivity contribution in [2.45, 2.75) is 13.8 Å². The van der Waals surface area contributed by atoms with E-state index in [4.69, 9.17) is 9.15 Å². The molecule has 0 aliphatic carbocycles. The van der Waals surface area contributed by atoms with Gasteiger partial charge in [-0.15, -0.1) is 0 Å². The first-order valence-electron chi connectivity index (χ1n) is 8.31. The third kappa shape index (κ3) is 4.00. The SMILES string of the molecule is CCOc1ccc(NC(=O)/C=C/c2coc3ccc(C)cc3c2=O)cc1. The molecule has 0 atom stereocenters. The molecule has 1 N–H and O–H groups in total. The minimum absolute atomic E-state index is 0.167. The molecular weight excluding hydrogens is 330 g/mol. The second kappa shape index (κ2) is 7.70. The zero-order valence-corrected chi connectivity index (χ0v) is 14.6. The van der Waals surface area contributed by atoms with Crippen LogP contribution in [-0.4, -0.2) is 12.5 Å². The lowest BCUT2D eigenvalue weighted by Gasteiger charge is -2.05. The number of fused-ring (bicyclic) bond motifs is 1. The summed E-state index contributed by atoms with van der Waals surface area (Å²) in [5.41, 5.74) is 2.30. The van der Waals surface area contributed by atoms with Crippen LogP contribution in [0.25, 0.3) is 17.0 Å². The summed E-state index contributed by atoms with van der Waals surface area (Å²) in [7, 11) is 0. The first kappa shape index (κ1) is 17.5. The lowest BCUT2D eigenvalue weighted by Crippen LogP contribution is -2.09. The number of carbonyl (C=O) groups is 1. The average molecular weight is 349 g/mol. The highest BCUT2D eigenvalue weighted by atomic mass is 16.5. The van der Waals surface area contributed by atoms with Gasteiger partial charge in [-0.3, -0.25) is 9.59 Å². The van der Waals surface area contributed by atoms with Gasteiger partial charge in [-0.25, -0.2) is 0 Å². The quantitative estimate of drug-likeness (QED) is 0.703. The molecule has 0 saturated carbocycles. The van der Waals surface area contributed by atoms with Gasteiger partial charge in [0, 0.05) is 11.8 Å². The molecule has 0 saturated heterocycles. The normalized spacial score (nSPS) is 11.0. The van der Waals surface area contributed by atoms with Crippen LogP contribution in [0.2, 0.25) is 0 Å². The van der Waals surface area contributed by atoms with E-state index in [0.29, 0.717) is 28.8 Å². The van der Waals surface area contributed by atoms with Crippen molar-refractivity contribution in [2.75, 3.05) is 11.9 Å². The van der Waals surface area contributed by atoms with Crippen LogP contribution in [0.5, 0.6) is 5.75 Å². The van der Waals surface area contributed by atoms with Crippen molar-refractivity contribution in [2.24, 2.45) is 0 Å². The predicted molar refractivity (Wildman–Crippen MR) is 102 cm³/mol. The van der Waals surface area contributed by atoms with Gasteiger partial charge in [0.25, 0.3) is 0 Å². The van der Waals surface area contributed by atoms with Crippen molar-refractivity contribution in [3.05, 3.63) is 76.2 Å². The monoisotopic (exact) mass is 349 g/mol. The van der Waals surface area contributed by atoms with Crippen LogP contribution in [0.4, 0.5) is 5.69 Å². The minimum Gasteiger partial charge on any atom is -0.494 e. The Morgan fingerprint density at radius 3 is 2.69 bits per heavy atom. The number of hydrogen-bond donors (Lipinski definition) is 1. The summed E-state index contributed by atoms with van der Waals surface area (Å²) in [6.07, 6.45) is 4.13. The average Bonchev–Trinajstić information content (AvgIpc) is 2.63. The molecule has 3 aromatic rings. The smallest absolute Gasteiger partial charge is 0.248 e. The fraction of sp³-hybridized carbons (Fsp3) is 0.143. The Kier molecular flexibility index (Phi) is 5.17. The summed E-state index contributed by atoms with van der Waals surface area (Å²) in [6.45, 7) is 4.40. The molecule has 0 unspecified atom stereocenters. The van der Waals surface area contributed by atoms with Crippen molar-refractivity contribution in [1.29, 1.82) is 0 Å². The highest BCUT2D eigenvalue weighted by Gasteiger charge is 2.06. The fourth-order valence-corrected chi connectivity index (χ4v) is 2.53. The summed E-state index contributed by atoms with van der Waals surface area (Å²) in [5.74, 6) is 0.406. The topological polar surface area (TPSA) is 68.5 Å². The summed E-state index contributed by atoms with van der Waals surface area (Å²) >= 11 is 0. The molecule has 0 aliphatic heterocycles. The van der Waals surface area contributed by atoms with Gasteiger partial charge in [-0.05, 0) is 56.3 Å². The van der Waals surface area contributed by atoms with E-state index in [1.807, 2.05) is 19.9 Å². The van der Waals surface area contributed by atoms with Gasteiger partial charge in [0.05, 0.1) is 17.6 Å². The third-order valence-corrected chi connectivity index (χ3v) is 3.80. The number of amides is 1. The van der Waals surface area contributed by atoms with E-state index in [9.17, 15) is 9.59 Å². The Hall–Kier alpha value is -3.34. The van der Waals surface area contributed by atoms with Gasteiger partial charge in [0.15, 0.2) is 5.43 Å². The standard InChI is InChI=1S/C21H19NO4/c1-3-25-17-8-6-16(7-9-17)22-20(23)11-5-15-13-26-19-10-4-14(2)12-18(19)21(15)24/h4-13H,3H2,1-2H3,(H,22,23)/b11-5+. The number of nitrogens with one attached hydrogen (secondary N) is 1. The van der Waals surface area contributed by atoms with Crippen LogP contribution < -0.4 is 15.5 Å². The van der Waals surface area contributed by atoms with E-state index in [0.717, 1.165) is 11.3 Å². The van der Waals surface area contributed by atoms with Gasteiger partial charge in [0.2, 0.25) is 5.91 Å². The Morgan fingerprint density at radius 1 is 1.19 bits per heavy atom. The third-order valence-electron chi connectivity index (χ3n) is 3.80. The Morgan fingerprint density at radius 2 is 1.96 bits per heavy atom. The van der Waals surface area contributed by atoms with Crippen molar-refractivity contribution in [3.63, 3.8) is 0 Å². The largest absolute Gasteiger partial charge is 0.494 e. The Balaban J connectivity index is 1.74. The van der Waals surface area contributed by atoms with Gasteiger partial charge in [0.1, 0.15) is 17.6 Å². The zero-order chi connectivity index (χ0) is 18.5. The number of benzene rings is 2. The number of aryl methyl sites for hydroxylation is 1. The van der Waals surface area contributed by atoms with Crippen LogP contribution >= 0.6 is 0 Å². The van der Waals surface area contributed by atoms with Gasteiger partial charge < -0.3 is 14.5 Å². The molecule has 1 aromatic heterocycles. The second-order valence-corrected chi connectivity index (χ2v) is 5.80.